The van der Waals surface area contributed by atoms with Gasteiger partial charge in [-0.05, 0) is 10.6 Å². The van der Waals surface area contributed by atoms with E-state index < -0.39 is 22.8 Å². The number of phosphoric acid groups is 1. The minimum atomic E-state index is -4.56. The molecule has 0 saturated carbocycles. The lowest BCUT2D eigenvalue weighted by Gasteiger charge is -2.06. The molecule has 0 amide bonds. The molecule has 9 heteroatoms. The highest BCUT2D eigenvalue weighted by Gasteiger charge is 2.17. The van der Waals surface area contributed by atoms with Crippen LogP contribution in [-0.4, -0.2) is 26.1 Å². The predicted octanol–water partition coefficient (Wildman–Crippen LogP) is -0.482. The zero-order valence-corrected chi connectivity index (χ0v) is 7.72. The van der Waals surface area contributed by atoms with Crippen LogP contribution in [0.4, 0.5) is 0 Å². The summed E-state index contributed by atoms with van der Waals surface area (Å²) < 4.78 is 22.1. The number of hydrogen-bond donors (Lipinski definition) is 4. The molecular formula is C3H9O7P2+. The second-order valence-corrected chi connectivity index (χ2v) is 2.69. The molecule has 7 nitrogen and oxygen atoms in total. The van der Waals surface area contributed by atoms with Gasteiger partial charge >= 0.3 is 16.5 Å². The third kappa shape index (κ3) is 16.5. The first-order chi connectivity index (χ1) is 5.37. The normalized spacial score (nSPS) is 13.0. The highest BCUT2D eigenvalue weighted by atomic mass is 31.2. The first-order valence-electron chi connectivity index (χ1n) is 2.43. The van der Waals surface area contributed by atoms with Gasteiger partial charge in [0.15, 0.2) is 6.29 Å². The molecule has 0 spiro atoms. The standard InChI is InChI=1S/C3H7O5P.HO2P/c1-2-3(4)8-9(5,6)7;1-3-2/h2-4H,1H2,(H2,5,6,7);3H/p+1. The Hall–Kier alpha value is -0.130. The fraction of sp³-hybridized carbons (Fsp3) is 0.333. The van der Waals surface area contributed by atoms with Crippen molar-refractivity contribution in [2.75, 3.05) is 0 Å². The number of rotatable bonds is 3. The molecule has 0 heterocycles. The zero-order chi connectivity index (χ0) is 10.2. The zero-order valence-electron chi connectivity index (χ0n) is 5.82. The summed E-state index contributed by atoms with van der Waals surface area (Å²) in [5.74, 6) is 0. The van der Waals surface area contributed by atoms with E-state index in [0.717, 1.165) is 6.08 Å². The third-order valence-corrected chi connectivity index (χ3v) is 0.938. The topological polar surface area (TPSA) is 124 Å². The lowest BCUT2D eigenvalue weighted by atomic mass is 10.6. The summed E-state index contributed by atoms with van der Waals surface area (Å²) in [7, 11) is -5.73. The van der Waals surface area contributed by atoms with Crippen molar-refractivity contribution in [3.05, 3.63) is 12.7 Å². The van der Waals surface area contributed by atoms with Crippen LogP contribution in [0.5, 0.6) is 0 Å². The van der Waals surface area contributed by atoms with Gasteiger partial charge in [-0.2, -0.15) is 4.89 Å². The van der Waals surface area contributed by atoms with Crippen LogP contribution < -0.4 is 0 Å². The van der Waals surface area contributed by atoms with E-state index in [1.165, 1.54) is 0 Å². The molecule has 12 heavy (non-hydrogen) atoms. The third-order valence-electron chi connectivity index (χ3n) is 0.447. The summed E-state index contributed by atoms with van der Waals surface area (Å²) in [4.78, 5) is 23.0. The van der Waals surface area contributed by atoms with Crippen LogP contribution in [0.3, 0.4) is 0 Å². The molecule has 0 aliphatic carbocycles. The Labute approximate surface area is 69.8 Å². The van der Waals surface area contributed by atoms with E-state index in [1.54, 1.807) is 0 Å². The minimum Gasteiger partial charge on any atom is -0.364 e. The maximum atomic E-state index is 9.86. The molecule has 0 radical (unpaired) electrons. The first kappa shape index (κ1) is 14.4. The molecule has 0 aromatic heterocycles. The first-order valence-corrected chi connectivity index (χ1v) is 4.81. The van der Waals surface area contributed by atoms with Crippen molar-refractivity contribution in [2.24, 2.45) is 0 Å². The van der Waals surface area contributed by atoms with Crippen molar-refractivity contribution >= 4 is 16.5 Å². The average Bonchev–Trinajstić information content (AvgIpc) is 1.86. The summed E-state index contributed by atoms with van der Waals surface area (Å²) >= 11 is 0. The van der Waals surface area contributed by atoms with Crippen LogP contribution in [0.1, 0.15) is 0 Å². The van der Waals surface area contributed by atoms with Gasteiger partial charge in [-0.25, -0.2) is 4.57 Å². The molecule has 0 aliphatic rings. The van der Waals surface area contributed by atoms with E-state index in [1.807, 2.05) is 0 Å². The largest absolute Gasteiger partial charge is 0.491 e. The molecular weight excluding hydrogens is 210 g/mol. The van der Waals surface area contributed by atoms with Crippen molar-refractivity contribution in [1.29, 1.82) is 0 Å². The second-order valence-electron chi connectivity index (χ2n) is 1.31. The number of phosphoric ester groups is 1. The molecule has 0 rings (SSSR count). The molecule has 0 aliphatic heterocycles. The molecule has 0 aromatic rings. The van der Waals surface area contributed by atoms with E-state index >= 15 is 0 Å². The van der Waals surface area contributed by atoms with E-state index in [2.05, 4.69) is 11.1 Å². The van der Waals surface area contributed by atoms with E-state index in [-0.39, 0.29) is 0 Å². The van der Waals surface area contributed by atoms with Crippen LogP contribution in [-0.2, 0) is 13.7 Å². The van der Waals surface area contributed by atoms with Crippen molar-refractivity contribution in [2.45, 2.75) is 6.29 Å². The van der Waals surface area contributed by atoms with Crippen molar-refractivity contribution in [1.82, 2.24) is 0 Å². The summed E-state index contributed by atoms with van der Waals surface area (Å²) in [6, 6.07) is 0. The lowest BCUT2D eigenvalue weighted by Crippen LogP contribution is -2.04. The number of hydrogen-bond acceptors (Lipinski definition) is 4. The van der Waals surface area contributed by atoms with Gasteiger partial charge in [-0.15, -0.1) is 0 Å². The van der Waals surface area contributed by atoms with Gasteiger partial charge < -0.3 is 14.9 Å². The molecule has 0 saturated heterocycles. The van der Waals surface area contributed by atoms with E-state index in [4.69, 9.17) is 24.4 Å². The molecule has 72 valence electrons. The number of aliphatic hydroxyl groups excluding tert-OH is 1. The molecule has 0 aromatic carbocycles. The molecule has 2 atom stereocenters. The monoisotopic (exact) mass is 219 g/mol. The summed E-state index contributed by atoms with van der Waals surface area (Å²) in [6.45, 7) is 3.03. The highest BCUT2D eigenvalue weighted by Crippen LogP contribution is 2.36. The summed E-state index contributed by atoms with van der Waals surface area (Å²) in [5.41, 5.74) is 0. The fourth-order valence-corrected chi connectivity index (χ4v) is 0.551. The average molecular weight is 219 g/mol. The Balaban J connectivity index is 0. The van der Waals surface area contributed by atoms with Crippen LogP contribution in [0, 0.1) is 0 Å². The van der Waals surface area contributed by atoms with Crippen LogP contribution in [0.2, 0.25) is 0 Å². The van der Waals surface area contributed by atoms with Crippen molar-refractivity contribution in [3.63, 3.8) is 0 Å². The molecule has 0 fully saturated rings. The van der Waals surface area contributed by atoms with Gasteiger partial charge in [0.25, 0.3) is 0 Å². The quantitative estimate of drug-likeness (QED) is 0.287. The van der Waals surface area contributed by atoms with E-state index in [0.29, 0.717) is 0 Å². The van der Waals surface area contributed by atoms with E-state index in [9.17, 15) is 4.57 Å². The van der Waals surface area contributed by atoms with Crippen LogP contribution in [0.15, 0.2) is 12.7 Å². The summed E-state index contributed by atoms with van der Waals surface area (Å²) in [6.07, 6.45) is -0.746. The maximum Gasteiger partial charge on any atom is 0.491 e. The highest BCUT2D eigenvalue weighted by molar-refractivity contribution is 7.46. The van der Waals surface area contributed by atoms with Crippen molar-refractivity contribution < 1.29 is 33.4 Å². The Bertz CT molecular complexity index is 173. The van der Waals surface area contributed by atoms with Gasteiger partial charge in [0, 0.05) is 0 Å². The number of aliphatic hydroxyl groups is 1. The van der Waals surface area contributed by atoms with Gasteiger partial charge in [-0.1, -0.05) is 6.58 Å². The predicted molar refractivity (Wildman–Crippen MR) is 40.6 cm³/mol. The van der Waals surface area contributed by atoms with Gasteiger partial charge in [0.2, 0.25) is 0 Å². The van der Waals surface area contributed by atoms with Crippen LogP contribution >= 0.6 is 16.5 Å². The molecule has 4 N–H and O–H groups in total. The lowest BCUT2D eigenvalue weighted by molar-refractivity contribution is 0.00183. The fourth-order valence-electron chi connectivity index (χ4n) is 0.184. The Morgan fingerprint density at radius 1 is 1.58 bits per heavy atom. The van der Waals surface area contributed by atoms with Gasteiger partial charge in [-0.3, -0.25) is 4.52 Å². The molecule has 0 bridgehead atoms. The SMILES string of the molecule is C=CC(O)OP(=O)(O)O.O=[PH+]O. The maximum absolute atomic E-state index is 9.86. The summed E-state index contributed by atoms with van der Waals surface area (Å²) in [5, 5.41) is 8.36. The molecule has 2 unspecified atom stereocenters. The Morgan fingerprint density at radius 3 is 2.00 bits per heavy atom. The van der Waals surface area contributed by atoms with Gasteiger partial charge in [0.1, 0.15) is 0 Å². The van der Waals surface area contributed by atoms with Crippen molar-refractivity contribution in [3.8, 4) is 0 Å². The second kappa shape index (κ2) is 7.52. The minimum absolute atomic E-state index is 0.860. The smallest absolute Gasteiger partial charge is 0.364 e. The Morgan fingerprint density at radius 2 is 1.92 bits per heavy atom. The van der Waals surface area contributed by atoms with Crippen LogP contribution in [0.25, 0.3) is 0 Å². The Kier molecular flexibility index (Phi) is 9.02. The van der Waals surface area contributed by atoms with Gasteiger partial charge in [0.05, 0.1) is 0 Å².